The van der Waals surface area contributed by atoms with Crippen molar-refractivity contribution in [1.29, 1.82) is 0 Å². The van der Waals surface area contributed by atoms with Gasteiger partial charge in [0.1, 0.15) is 5.82 Å². The van der Waals surface area contributed by atoms with Gasteiger partial charge < -0.3 is 5.32 Å². The topological polar surface area (TPSA) is 71.3 Å². The summed E-state index contributed by atoms with van der Waals surface area (Å²) in [7, 11) is 0. The van der Waals surface area contributed by atoms with Crippen LogP contribution < -0.4 is 10.6 Å². The summed E-state index contributed by atoms with van der Waals surface area (Å²) < 4.78 is 15.1. The standard InChI is InChI=1S/C17H14FN5OS2/c18-12-4-1-3-11(9-12)15-21-17-23(22-15)13(10-26-17)6-7-19-16(24)20-14-5-2-8-25-14/h1-5,8-10H,6-7H2,(H2,19,20,24). The highest BCUT2D eigenvalue weighted by Crippen LogP contribution is 2.21. The van der Waals surface area contributed by atoms with E-state index in [-0.39, 0.29) is 11.8 Å². The van der Waals surface area contributed by atoms with Gasteiger partial charge in [-0.05, 0) is 29.6 Å². The van der Waals surface area contributed by atoms with Gasteiger partial charge in [0.25, 0.3) is 0 Å². The number of fused-ring (bicyclic) bond motifs is 1. The Labute approximate surface area is 156 Å². The molecular formula is C17H14FN5OS2. The maximum absolute atomic E-state index is 13.4. The van der Waals surface area contributed by atoms with Crippen LogP contribution in [0.4, 0.5) is 14.2 Å². The van der Waals surface area contributed by atoms with Crippen LogP contribution in [-0.2, 0) is 6.42 Å². The predicted molar refractivity (Wildman–Crippen MR) is 101 cm³/mol. The van der Waals surface area contributed by atoms with Crippen molar-refractivity contribution in [1.82, 2.24) is 19.9 Å². The summed E-state index contributed by atoms with van der Waals surface area (Å²) in [5.41, 5.74) is 1.58. The average molecular weight is 387 g/mol. The molecule has 0 saturated heterocycles. The summed E-state index contributed by atoms with van der Waals surface area (Å²) >= 11 is 2.93. The Balaban J connectivity index is 1.41. The first-order valence-electron chi connectivity index (χ1n) is 7.86. The average Bonchev–Trinajstić information content (AvgIpc) is 3.33. The number of hydrogen-bond acceptors (Lipinski definition) is 5. The number of nitrogens with zero attached hydrogens (tertiary/aromatic N) is 3. The van der Waals surface area contributed by atoms with Crippen LogP contribution in [0.3, 0.4) is 0 Å². The minimum atomic E-state index is -0.318. The van der Waals surface area contributed by atoms with Crippen molar-refractivity contribution in [3.63, 3.8) is 0 Å². The Hall–Kier alpha value is -2.78. The fourth-order valence-corrected chi connectivity index (χ4v) is 3.93. The van der Waals surface area contributed by atoms with Crippen molar-refractivity contribution in [3.05, 3.63) is 58.7 Å². The molecule has 0 unspecified atom stereocenters. The minimum absolute atomic E-state index is 0.238. The zero-order chi connectivity index (χ0) is 17.9. The van der Waals surface area contributed by atoms with Crippen LogP contribution >= 0.6 is 22.7 Å². The number of anilines is 1. The first-order valence-corrected chi connectivity index (χ1v) is 9.62. The summed E-state index contributed by atoms with van der Waals surface area (Å²) in [6.45, 7) is 0.470. The number of aromatic nitrogens is 3. The van der Waals surface area contributed by atoms with E-state index in [4.69, 9.17) is 0 Å². The summed E-state index contributed by atoms with van der Waals surface area (Å²) in [6, 6.07) is 9.70. The first-order chi connectivity index (χ1) is 12.7. The SMILES string of the molecule is O=C(NCCc1csc2nc(-c3cccc(F)c3)nn12)Nc1cccs1. The predicted octanol–water partition coefficient (Wildman–Crippen LogP) is 4.02. The maximum atomic E-state index is 13.4. The molecule has 3 aromatic heterocycles. The molecule has 0 aliphatic heterocycles. The molecule has 0 aliphatic rings. The second-order valence-electron chi connectivity index (χ2n) is 5.48. The second kappa shape index (κ2) is 7.22. The molecule has 0 aliphatic carbocycles. The van der Waals surface area contributed by atoms with E-state index < -0.39 is 0 Å². The molecule has 9 heteroatoms. The molecule has 6 nitrogen and oxygen atoms in total. The van der Waals surface area contributed by atoms with Crippen molar-refractivity contribution >= 4 is 38.7 Å². The molecule has 26 heavy (non-hydrogen) atoms. The molecule has 2 N–H and O–H groups in total. The van der Waals surface area contributed by atoms with Gasteiger partial charge in [0.05, 0.1) is 10.7 Å². The molecule has 0 radical (unpaired) electrons. The van der Waals surface area contributed by atoms with Gasteiger partial charge in [-0.25, -0.2) is 13.7 Å². The third-order valence-electron chi connectivity index (χ3n) is 3.66. The monoisotopic (exact) mass is 387 g/mol. The number of amides is 2. The number of carbonyl (C=O) groups is 1. The molecule has 0 bridgehead atoms. The Kier molecular flexibility index (Phi) is 4.63. The van der Waals surface area contributed by atoms with Crippen LogP contribution in [0.25, 0.3) is 16.3 Å². The van der Waals surface area contributed by atoms with E-state index in [1.807, 2.05) is 22.9 Å². The van der Waals surface area contributed by atoms with E-state index in [1.54, 1.807) is 16.6 Å². The van der Waals surface area contributed by atoms with Crippen molar-refractivity contribution in [2.75, 3.05) is 11.9 Å². The summed E-state index contributed by atoms with van der Waals surface area (Å²) in [4.78, 5) is 17.0. The number of rotatable bonds is 5. The third kappa shape index (κ3) is 3.58. The molecule has 4 aromatic rings. The summed E-state index contributed by atoms with van der Waals surface area (Å²) in [5.74, 6) is 0.169. The van der Waals surface area contributed by atoms with Crippen LogP contribution in [0.2, 0.25) is 0 Å². The third-order valence-corrected chi connectivity index (χ3v) is 5.31. The van der Waals surface area contributed by atoms with Gasteiger partial charge in [-0.3, -0.25) is 5.32 Å². The number of carbonyl (C=O) groups excluding carboxylic acids is 1. The van der Waals surface area contributed by atoms with Crippen molar-refractivity contribution in [2.24, 2.45) is 0 Å². The van der Waals surface area contributed by atoms with E-state index in [0.29, 0.717) is 24.4 Å². The number of thiazole rings is 1. The van der Waals surface area contributed by atoms with Gasteiger partial charge >= 0.3 is 6.03 Å². The van der Waals surface area contributed by atoms with Gasteiger partial charge in [-0.15, -0.1) is 27.8 Å². The number of benzene rings is 1. The first kappa shape index (κ1) is 16.7. The van der Waals surface area contributed by atoms with Gasteiger partial charge in [0.15, 0.2) is 5.82 Å². The molecule has 0 saturated carbocycles. The van der Waals surface area contributed by atoms with Crippen molar-refractivity contribution in [3.8, 4) is 11.4 Å². The highest BCUT2D eigenvalue weighted by atomic mass is 32.1. The highest BCUT2D eigenvalue weighted by molar-refractivity contribution is 7.15. The Bertz CT molecular complexity index is 1040. The van der Waals surface area contributed by atoms with Crippen LogP contribution in [0, 0.1) is 5.82 Å². The molecular weight excluding hydrogens is 373 g/mol. The van der Waals surface area contributed by atoms with Crippen LogP contribution in [-0.4, -0.2) is 27.2 Å². The quantitative estimate of drug-likeness (QED) is 0.543. The van der Waals surface area contributed by atoms with E-state index in [1.165, 1.54) is 34.8 Å². The Morgan fingerprint density at radius 3 is 2.96 bits per heavy atom. The van der Waals surface area contributed by atoms with Crippen molar-refractivity contribution < 1.29 is 9.18 Å². The molecule has 1 aromatic carbocycles. The molecule has 2 amide bonds. The number of halogens is 1. The van der Waals surface area contributed by atoms with Gasteiger partial charge in [-0.1, -0.05) is 12.1 Å². The van der Waals surface area contributed by atoms with Crippen LogP contribution in [0.1, 0.15) is 5.69 Å². The van der Waals surface area contributed by atoms with E-state index in [9.17, 15) is 9.18 Å². The number of urea groups is 1. The largest absolute Gasteiger partial charge is 0.337 e. The Morgan fingerprint density at radius 2 is 2.15 bits per heavy atom. The molecule has 3 heterocycles. The van der Waals surface area contributed by atoms with Crippen molar-refractivity contribution in [2.45, 2.75) is 6.42 Å². The lowest BCUT2D eigenvalue weighted by molar-refractivity contribution is 0.252. The highest BCUT2D eigenvalue weighted by Gasteiger charge is 2.12. The molecule has 132 valence electrons. The molecule has 0 spiro atoms. The number of nitrogens with one attached hydrogen (secondary N) is 2. The lowest BCUT2D eigenvalue weighted by atomic mass is 10.2. The second-order valence-corrected chi connectivity index (χ2v) is 7.26. The van der Waals surface area contributed by atoms with E-state index >= 15 is 0 Å². The van der Waals surface area contributed by atoms with Gasteiger partial charge in [0, 0.05) is 23.9 Å². The zero-order valence-corrected chi connectivity index (χ0v) is 15.1. The Morgan fingerprint density at radius 1 is 1.23 bits per heavy atom. The molecule has 4 rings (SSSR count). The van der Waals surface area contributed by atoms with Crippen LogP contribution in [0.15, 0.2) is 47.2 Å². The fourth-order valence-electron chi connectivity index (χ4n) is 2.46. The van der Waals surface area contributed by atoms with E-state index in [0.717, 1.165) is 15.7 Å². The smallest absolute Gasteiger partial charge is 0.319 e. The van der Waals surface area contributed by atoms with Crippen LogP contribution in [0.5, 0.6) is 0 Å². The fraction of sp³-hybridized carbons (Fsp3) is 0.118. The minimum Gasteiger partial charge on any atom is -0.337 e. The lowest BCUT2D eigenvalue weighted by Gasteiger charge is -2.05. The summed E-state index contributed by atoms with van der Waals surface area (Å²) in [6.07, 6.45) is 0.615. The molecule has 0 atom stereocenters. The summed E-state index contributed by atoms with van der Waals surface area (Å²) in [5, 5.41) is 14.7. The maximum Gasteiger partial charge on any atom is 0.319 e. The number of hydrogen-bond donors (Lipinski definition) is 2. The zero-order valence-electron chi connectivity index (χ0n) is 13.5. The number of thiophene rings is 1. The van der Waals surface area contributed by atoms with Gasteiger partial charge in [0.2, 0.25) is 4.96 Å². The normalized spacial score (nSPS) is 11.0. The van der Waals surface area contributed by atoms with E-state index in [2.05, 4.69) is 20.7 Å². The lowest BCUT2D eigenvalue weighted by Crippen LogP contribution is -2.30. The van der Waals surface area contributed by atoms with Gasteiger partial charge in [-0.2, -0.15) is 4.98 Å². The molecule has 0 fully saturated rings.